The average molecular weight is 317 g/mol. The standard InChI is InChI=1S/C9H9BrN4S2/c10-6-2-1-3-7(4-6)15-5-8-13-14-9(12-11)16-8/h1-4H,5,11H2,(H,12,14). The monoisotopic (exact) mass is 316 g/mol. The Morgan fingerprint density at radius 2 is 2.31 bits per heavy atom. The number of hydrogen-bond acceptors (Lipinski definition) is 6. The minimum absolute atomic E-state index is 0.643. The predicted octanol–water partition coefficient (Wildman–Crippen LogP) is 2.88. The summed E-state index contributed by atoms with van der Waals surface area (Å²) in [6.07, 6.45) is 0. The summed E-state index contributed by atoms with van der Waals surface area (Å²) < 4.78 is 1.08. The molecule has 4 nitrogen and oxygen atoms in total. The van der Waals surface area contributed by atoms with E-state index in [1.54, 1.807) is 11.8 Å². The average Bonchev–Trinajstić information content (AvgIpc) is 2.74. The van der Waals surface area contributed by atoms with Crippen LogP contribution in [0.3, 0.4) is 0 Å². The van der Waals surface area contributed by atoms with Gasteiger partial charge in [-0.25, -0.2) is 5.84 Å². The first-order valence-electron chi connectivity index (χ1n) is 4.45. The Bertz CT molecular complexity index is 474. The zero-order valence-electron chi connectivity index (χ0n) is 8.18. The van der Waals surface area contributed by atoms with Gasteiger partial charge in [-0.2, -0.15) is 0 Å². The van der Waals surface area contributed by atoms with Gasteiger partial charge >= 0.3 is 0 Å². The van der Waals surface area contributed by atoms with E-state index in [1.807, 2.05) is 12.1 Å². The zero-order chi connectivity index (χ0) is 11.4. The van der Waals surface area contributed by atoms with Crippen LogP contribution in [-0.4, -0.2) is 10.2 Å². The molecule has 1 aromatic heterocycles. The normalized spacial score (nSPS) is 10.4. The van der Waals surface area contributed by atoms with E-state index in [9.17, 15) is 0 Å². The third-order valence-corrected chi connectivity index (χ3v) is 4.28. The van der Waals surface area contributed by atoms with Crippen molar-refractivity contribution in [3.63, 3.8) is 0 Å². The lowest BCUT2D eigenvalue weighted by molar-refractivity contribution is 1.03. The fourth-order valence-corrected chi connectivity index (χ4v) is 3.21. The Kier molecular flexibility index (Phi) is 4.16. The van der Waals surface area contributed by atoms with E-state index in [0.717, 1.165) is 15.2 Å². The lowest BCUT2D eigenvalue weighted by Crippen LogP contribution is -2.05. The molecule has 0 bridgehead atoms. The second-order valence-electron chi connectivity index (χ2n) is 2.89. The molecule has 0 aliphatic heterocycles. The molecule has 0 atom stereocenters. The number of halogens is 1. The van der Waals surface area contributed by atoms with Crippen LogP contribution in [0.1, 0.15) is 5.01 Å². The molecule has 0 spiro atoms. The van der Waals surface area contributed by atoms with Crippen LogP contribution >= 0.6 is 39.0 Å². The van der Waals surface area contributed by atoms with Gasteiger partial charge in [0.25, 0.3) is 0 Å². The van der Waals surface area contributed by atoms with Gasteiger partial charge in [-0.15, -0.1) is 22.0 Å². The summed E-state index contributed by atoms with van der Waals surface area (Å²) in [5.74, 6) is 6.04. The molecule has 1 aromatic carbocycles. The molecule has 2 rings (SSSR count). The van der Waals surface area contributed by atoms with E-state index >= 15 is 0 Å². The molecule has 0 saturated carbocycles. The number of nitrogen functional groups attached to an aromatic ring is 1. The maximum absolute atomic E-state index is 5.24. The van der Waals surface area contributed by atoms with Crippen LogP contribution in [0.25, 0.3) is 0 Å². The smallest absolute Gasteiger partial charge is 0.219 e. The molecule has 3 N–H and O–H groups in total. The first-order chi connectivity index (χ1) is 7.78. The Morgan fingerprint density at radius 1 is 1.44 bits per heavy atom. The fourth-order valence-electron chi connectivity index (χ4n) is 1.07. The number of thioether (sulfide) groups is 1. The molecule has 0 unspecified atom stereocenters. The number of anilines is 1. The van der Waals surface area contributed by atoms with E-state index in [4.69, 9.17) is 5.84 Å². The number of nitrogens with two attached hydrogens (primary N) is 1. The van der Waals surface area contributed by atoms with Crippen LogP contribution in [0.2, 0.25) is 0 Å². The molecule has 0 aliphatic rings. The Labute approximate surface area is 110 Å². The molecule has 84 valence electrons. The molecule has 2 aromatic rings. The first kappa shape index (κ1) is 11.8. The van der Waals surface area contributed by atoms with E-state index < -0.39 is 0 Å². The third-order valence-electron chi connectivity index (χ3n) is 1.75. The van der Waals surface area contributed by atoms with Crippen molar-refractivity contribution in [2.24, 2.45) is 5.84 Å². The van der Waals surface area contributed by atoms with Gasteiger partial charge in [0.1, 0.15) is 5.01 Å². The van der Waals surface area contributed by atoms with Crippen LogP contribution in [0.4, 0.5) is 5.13 Å². The van der Waals surface area contributed by atoms with Crippen molar-refractivity contribution in [2.75, 3.05) is 5.43 Å². The maximum atomic E-state index is 5.24. The lowest BCUT2D eigenvalue weighted by Gasteiger charge is -1.98. The predicted molar refractivity (Wildman–Crippen MR) is 71.4 cm³/mol. The number of hydrazine groups is 1. The van der Waals surface area contributed by atoms with Gasteiger partial charge in [-0.3, -0.25) is 5.43 Å². The summed E-state index contributed by atoms with van der Waals surface area (Å²) in [7, 11) is 0. The molecule has 0 amide bonds. The minimum Gasteiger partial charge on any atom is -0.298 e. The van der Waals surface area contributed by atoms with Crippen LogP contribution in [-0.2, 0) is 5.75 Å². The zero-order valence-corrected chi connectivity index (χ0v) is 11.4. The van der Waals surface area contributed by atoms with Crippen molar-refractivity contribution >= 4 is 44.2 Å². The summed E-state index contributed by atoms with van der Waals surface area (Å²) in [6, 6.07) is 8.16. The minimum atomic E-state index is 0.643. The number of nitrogens with zero attached hydrogens (tertiary/aromatic N) is 2. The SMILES string of the molecule is NNc1nnc(CSc2cccc(Br)c2)s1. The number of rotatable bonds is 4. The Hall–Kier alpha value is -0.630. The fraction of sp³-hybridized carbons (Fsp3) is 0.111. The molecule has 1 heterocycles. The third kappa shape index (κ3) is 3.18. The number of aromatic nitrogens is 2. The molecule has 7 heteroatoms. The van der Waals surface area contributed by atoms with Crippen molar-refractivity contribution in [1.29, 1.82) is 0 Å². The second-order valence-corrected chi connectivity index (χ2v) is 5.92. The van der Waals surface area contributed by atoms with Gasteiger partial charge in [-0.05, 0) is 18.2 Å². The van der Waals surface area contributed by atoms with E-state index in [-0.39, 0.29) is 0 Å². The summed E-state index contributed by atoms with van der Waals surface area (Å²) >= 11 is 6.62. The first-order valence-corrected chi connectivity index (χ1v) is 7.05. The van der Waals surface area contributed by atoms with Crippen molar-refractivity contribution in [1.82, 2.24) is 10.2 Å². The summed E-state index contributed by atoms with van der Waals surface area (Å²) in [6.45, 7) is 0. The van der Waals surface area contributed by atoms with Crippen LogP contribution in [0.5, 0.6) is 0 Å². The summed E-state index contributed by atoms with van der Waals surface area (Å²) in [5.41, 5.74) is 2.48. The lowest BCUT2D eigenvalue weighted by atomic mass is 10.4. The van der Waals surface area contributed by atoms with E-state index in [0.29, 0.717) is 5.13 Å². The van der Waals surface area contributed by atoms with E-state index in [1.165, 1.54) is 16.2 Å². The van der Waals surface area contributed by atoms with Crippen molar-refractivity contribution < 1.29 is 0 Å². The molecule has 0 fully saturated rings. The topological polar surface area (TPSA) is 63.8 Å². The van der Waals surface area contributed by atoms with Gasteiger partial charge in [-0.1, -0.05) is 33.3 Å². The van der Waals surface area contributed by atoms with Crippen LogP contribution < -0.4 is 11.3 Å². The van der Waals surface area contributed by atoms with Crippen molar-refractivity contribution in [2.45, 2.75) is 10.6 Å². The Balaban J connectivity index is 1.96. The highest BCUT2D eigenvalue weighted by Gasteiger charge is 2.03. The van der Waals surface area contributed by atoms with Gasteiger partial charge in [0.05, 0.1) is 5.75 Å². The second kappa shape index (κ2) is 5.62. The molecular formula is C9H9BrN4S2. The van der Waals surface area contributed by atoms with Gasteiger partial charge in [0.2, 0.25) is 5.13 Å². The largest absolute Gasteiger partial charge is 0.298 e. The molecule has 16 heavy (non-hydrogen) atoms. The van der Waals surface area contributed by atoms with Gasteiger partial charge < -0.3 is 0 Å². The highest BCUT2D eigenvalue weighted by atomic mass is 79.9. The van der Waals surface area contributed by atoms with Crippen LogP contribution in [0, 0.1) is 0 Å². The summed E-state index contributed by atoms with van der Waals surface area (Å²) in [5, 5.41) is 9.49. The van der Waals surface area contributed by atoms with E-state index in [2.05, 4.69) is 43.7 Å². The van der Waals surface area contributed by atoms with Crippen molar-refractivity contribution in [3.05, 3.63) is 33.7 Å². The van der Waals surface area contributed by atoms with Crippen LogP contribution in [0.15, 0.2) is 33.6 Å². The molecule has 0 radical (unpaired) electrons. The maximum Gasteiger partial charge on any atom is 0.219 e. The quantitative estimate of drug-likeness (QED) is 0.516. The van der Waals surface area contributed by atoms with Gasteiger partial charge in [0, 0.05) is 9.37 Å². The number of hydrogen-bond donors (Lipinski definition) is 2. The highest BCUT2D eigenvalue weighted by molar-refractivity contribution is 9.10. The van der Waals surface area contributed by atoms with Gasteiger partial charge in [0.15, 0.2) is 0 Å². The highest BCUT2D eigenvalue weighted by Crippen LogP contribution is 2.27. The molecular weight excluding hydrogens is 308 g/mol. The van der Waals surface area contributed by atoms with Crippen molar-refractivity contribution in [3.8, 4) is 0 Å². The number of benzene rings is 1. The summed E-state index contributed by atoms with van der Waals surface area (Å²) in [4.78, 5) is 1.20. The molecule has 0 saturated heterocycles. The number of nitrogens with one attached hydrogen (secondary N) is 1. The molecule has 0 aliphatic carbocycles. The Morgan fingerprint density at radius 3 is 3.00 bits per heavy atom.